The molecule has 7 nitrogen and oxygen atoms in total. The molecule has 2 aliphatic rings. The fourth-order valence-electron chi connectivity index (χ4n) is 3.75. The number of pyridine rings is 1. The number of carbonyl (C=O) groups excluding carboxylic acids is 1. The zero-order chi connectivity index (χ0) is 23.2. The van der Waals surface area contributed by atoms with Gasteiger partial charge in [0.25, 0.3) is 0 Å². The van der Waals surface area contributed by atoms with Crippen LogP contribution >= 0.6 is 11.3 Å². The first-order chi connectivity index (χ1) is 15.2. The number of ether oxygens (including phenoxy) is 2. The van der Waals surface area contributed by atoms with Crippen LogP contribution in [0, 0.1) is 11.3 Å². The first-order valence-electron chi connectivity index (χ1n) is 9.84. The van der Waals surface area contributed by atoms with Crippen molar-refractivity contribution in [1.29, 1.82) is 0 Å². The number of likely N-dealkylation sites (tertiary alicyclic amines) is 1. The smallest absolute Gasteiger partial charge is 0.475 e. The van der Waals surface area contributed by atoms with E-state index in [1.54, 1.807) is 17.5 Å². The second-order valence-corrected chi connectivity index (χ2v) is 8.55. The number of hydrogen-bond acceptors (Lipinski definition) is 6. The molecule has 2 fully saturated rings. The molecule has 4 heterocycles. The number of amides is 1. The van der Waals surface area contributed by atoms with Crippen molar-refractivity contribution >= 4 is 23.2 Å². The Morgan fingerprint density at radius 3 is 2.75 bits per heavy atom. The van der Waals surface area contributed by atoms with E-state index in [2.05, 4.69) is 4.98 Å². The fourth-order valence-corrected chi connectivity index (χ4v) is 4.42. The maximum absolute atomic E-state index is 12.6. The number of rotatable bonds is 6. The van der Waals surface area contributed by atoms with Gasteiger partial charge in [0.15, 0.2) is 0 Å². The lowest BCUT2D eigenvalue weighted by molar-refractivity contribution is -0.192. The minimum Gasteiger partial charge on any atom is -0.475 e. The molecule has 0 unspecified atom stereocenters. The third-order valence-corrected chi connectivity index (χ3v) is 6.15. The maximum atomic E-state index is 12.6. The van der Waals surface area contributed by atoms with Crippen molar-refractivity contribution in [2.75, 3.05) is 32.9 Å². The Morgan fingerprint density at radius 2 is 2.12 bits per heavy atom. The third-order valence-electron chi connectivity index (χ3n) is 5.42. The van der Waals surface area contributed by atoms with Gasteiger partial charge < -0.3 is 19.5 Å². The van der Waals surface area contributed by atoms with Crippen LogP contribution < -0.4 is 0 Å². The van der Waals surface area contributed by atoms with Gasteiger partial charge in [-0.2, -0.15) is 24.5 Å². The Bertz CT molecular complexity index is 895. The monoisotopic (exact) mass is 472 g/mol. The number of halogens is 3. The molecule has 2 aromatic heterocycles. The SMILES string of the molecule is O=C(Cc1ccsc1)N1C[C@@H]2COC[C@]2(COCc2ccccn2)C1.O=C(O)C(F)(F)F. The molecule has 0 spiro atoms. The summed E-state index contributed by atoms with van der Waals surface area (Å²) in [7, 11) is 0. The molecule has 11 heteroatoms. The van der Waals surface area contributed by atoms with E-state index in [1.807, 2.05) is 39.9 Å². The van der Waals surface area contributed by atoms with E-state index in [9.17, 15) is 18.0 Å². The van der Waals surface area contributed by atoms with Crippen LogP contribution in [0.3, 0.4) is 0 Å². The van der Waals surface area contributed by atoms with Crippen molar-refractivity contribution in [2.24, 2.45) is 11.3 Å². The van der Waals surface area contributed by atoms with Crippen molar-refractivity contribution < 1.29 is 37.3 Å². The van der Waals surface area contributed by atoms with Gasteiger partial charge in [0.1, 0.15) is 0 Å². The number of aliphatic carboxylic acids is 1. The predicted molar refractivity (Wildman–Crippen MR) is 109 cm³/mol. The number of carbonyl (C=O) groups is 2. The topological polar surface area (TPSA) is 89.0 Å². The van der Waals surface area contributed by atoms with E-state index < -0.39 is 12.1 Å². The van der Waals surface area contributed by atoms with Crippen LogP contribution in [0.15, 0.2) is 41.2 Å². The first kappa shape index (κ1) is 24.1. The number of alkyl halides is 3. The predicted octanol–water partition coefficient (Wildman–Crippen LogP) is 3.01. The molecule has 0 radical (unpaired) electrons. The van der Waals surface area contributed by atoms with Crippen molar-refractivity contribution in [3.63, 3.8) is 0 Å². The van der Waals surface area contributed by atoms with E-state index in [1.165, 1.54) is 0 Å². The standard InChI is InChI=1S/C19H22N2O3S.C2HF3O2/c22-18(7-15-4-6-25-11-15)21-8-16-9-23-13-19(16,12-21)14-24-10-17-3-1-2-5-20-17;3-2(4,5)1(6)7/h1-6,11,16H,7-10,12-14H2;(H,6,7)/t16-,19+;/m1./s1. The summed E-state index contributed by atoms with van der Waals surface area (Å²) in [6.07, 6.45) is -2.82. The Kier molecular flexibility index (Phi) is 7.86. The fraction of sp³-hybridized carbons (Fsp3) is 0.476. The Labute approximate surface area is 186 Å². The van der Waals surface area contributed by atoms with Gasteiger partial charge in [-0.15, -0.1) is 0 Å². The molecule has 1 amide bonds. The van der Waals surface area contributed by atoms with Crippen molar-refractivity contribution in [2.45, 2.75) is 19.2 Å². The highest BCUT2D eigenvalue weighted by Crippen LogP contribution is 2.41. The summed E-state index contributed by atoms with van der Waals surface area (Å²) >= 11 is 1.63. The summed E-state index contributed by atoms with van der Waals surface area (Å²) in [5, 5.41) is 11.2. The highest BCUT2D eigenvalue weighted by atomic mass is 32.1. The molecular weight excluding hydrogens is 449 g/mol. The van der Waals surface area contributed by atoms with E-state index in [4.69, 9.17) is 19.4 Å². The zero-order valence-electron chi connectivity index (χ0n) is 17.1. The number of fused-ring (bicyclic) bond motifs is 1. The molecule has 2 atom stereocenters. The Balaban J connectivity index is 0.000000360. The number of carboxylic acid groups (broad SMARTS) is 1. The quantitative estimate of drug-likeness (QED) is 0.696. The average molecular weight is 472 g/mol. The Hall–Kier alpha value is -2.50. The number of hydrogen-bond donors (Lipinski definition) is 1. The molecule has 174 valence electrons. The molecule has 2 aromatic rings. The Morgan fingerprint density at radius 1 is 1.34 bits per heavy atom. The van der Waals surface area contributed by atoms with Crippen molar-refractivity contribution in [3.05, 3.63) is 52.5 Å². The van der Waals surface area contributed by atoms with Crippen LogP contribution in [0.4, 0.5) is 13.2 Å². The average Bonchev–Trinajstić information content (AvgIpc) is 3.45. The summed E-state index contributed by atoms with van der Waals surface area (Å²) in [4.78, 5) is 27.8. The van der Waals surface area contributed by atoms with Gasteiger partial charge in [-0.1, -0.05) is 6.07 Å². The van der Waals surface area contributed by atoms with Crippen LogP contribution in [-0.4, -0.2) is 66.0 Å². The van der Waals surface area contributed by atoms with Crippen LogP contribution in [0.25, 0.3) is 0 Å². The van der Waals surface area contributed by atoms with Gasteiger partial charge in [0.2, 0.25) is 5.91 Å². The molecule has 1 N–H and O–H groups in total. The van der Waals surface area contributed by atoms with Gasteiger partial charge >= 0.3 is 12.1 Å². The molecule has 0 aliphatic carbocycles. The second kappa shape index (κ2) is 10.4. The van der Waals surface area contributed by atoms with Crippen LogP contribution in [0.2, 0.25) is 0 Å². The summed E-state index contributed by atoms with van der Waals surface area (Å²) in [5.41, 5.74) is 1.96. The molecule has 0 bridgehead atoms. The van der Waals surface area contributed by atoms with Gasteiger partial charge in [-0.05, 0) is 34.5 Å². The summed E-state index contributed by atoms with van der Waals surface area (Å²) in [6, 6.07) is 7.85. The van der Waals surface area contributed by atoms with Gasteiger partial charge in [0.05, 0.1) is 38.5 Å². The van der Waals surface area contributed by atoms with Crippen molar-refractivity contribution in [3.8, 4) is 0 Å². The lowest BCUT2D eigenvalue weighted by Crippen LogP contribution is -2.37. The molecule has 4 rings (SSSR count). The van der Waals surface area contributed by atoms with Gasteiger partial charge in [0, 0.05) is 30.6 Å². The lowest BCUT2D eigenvalue weighted by Gasteiger charge is -2.26. The number of thiophene rings is 1. The summed E-state index contributed by atoms with van der Waals surface area (Å²) in [6.45, 7) is 3.99. The molecular formula is C21H23F3N2O5S. The number of nitrogens with zero attached hydrogens (tertiary/aromatic N) is 2. The van der Waals surface area contributed by atoms with Crippen molar-refractivity contribution in [1.82, 2.24) is 9.88 Å². The summed E-state index contributed by atoms with van der Waals surface area (Å²) < 4.78 is 43.4. The van der Waals surface area contributed by atoms with Crippen LogP contribution in [-0.2, 0) is 32.1 Å². The minimum absolute atomic E-state index is 0.0704. The highest BCUT2D eigenvalue weighted by Gasteiger charge is 2.51. The largest absolute Gasteiger partial charge is 0.490 e. The highest BCUT2D eigenvalue weighted by molar-refractivity contribution is 7.08. The van der Waals surface area contributed by atoms with Crippen LogP contribution in [0.1, 0.15) is 11.3 Å². The molecule has 0 saturated carbocycles. The molecule has 32 heavy (non-hydrogen) atoms. The molecule has 2 saturated heterocycles. The van der Waals surface area contributed by atoms with E-state index in [0.717, 1.165) is 31.0 Å². The number of aromatic nitrogens is 1. The first-order valence-corrected chi connectivity index (χ1v) is 10.8. The minimum atomic E-state index is -5.08. The lowest BCUT2D eigenvalue weighted by atomic mass is 9.82. The third kappa shape index (κ3) is 6.27. The van der Waals surface area contributed by atoms with Gasteiger partial charge in [-0.3, -0.25) is 9.78 Å². The van der Waals surface area contributed by atoms with E-state index in [-0.39, 0.29) is 11.3 Å². The van der Waals surface area contributed by atoms with Crippen LogP contribution in [0.5, 0.6) is 0 Å². The number of carboxylic acids is 1. The second-order valence-electron chi connectivity index (χ2n) is 7.77. The zero-order valence-corrected chi connectivity index (χ0v) is 17.9. The van der Waals surface area contributed by atoms with E-state index in [0.29, 0.717) is 32.2 Å². The van der Waals surface area contributed by atoms with E-state index >= 15 is 0 Å². The maximum Gasteiger partial charge on any atom is 0.490 e. The summed E-state index contributed by atoms with van der Waals surface area (Å²) in [5.74, 6) is -2.19. The molecule has 0 aromatic carbocycles. The normalized spacial score (nSPS) is 22.2. The molecule has 2 aliphatic heterocycles. The van der Waals surface area contributed by atoms with Gasteiger partial charge in [-0.25, -0.2) is 4.79 Å².